The summed E-state index contributed by atoms with van der Waals surface area (Å²) in [5.74, 6) is 0.00734. The Morgan fingerprint density at radius 2 is 2.00 bits per heavy atom. The molecule has 6 heteroatoms. The summed E-state index contributed by atoms with van der Waals surface area (Å²) in [6.07, 6.45) is 1.35. The Labute approximate surface area is 119 Å². The number of amides is 2. The van der Waals surface area contributed by atoms with E-state index in [2.05, 4.69) is 0 Å². The van der Waals surface area contributed by atoms with Gasteiger partial charge < -0.3 is 19.6 Å². The summed E-state index contributed by atoms with van der Waals surface area (Å²) in [5.41, 5.74) is 0. The van der Waals surface area contributed by atoms with Crippen LogP contribution in [0.4, 0.5) is 0 Å². The van der Waals surface area contributed by atoms with Gasteiger partial charge in [-0.15, -0.1) is 0 Å². The Hall–Kier alpha value is -1.14. The molecule has 2 aliphatic heterocycles. The molecule has 20 heavy (non-hydrogen) atoms. The number of carbonyl (C=O) groups is 2. The molecular weight excluding hydrogens is 260 g/mol. The van der Waals surface area contributed by atoms with E-state index in [1.165, 1.54) is 0 Å². The molecule has 0 aromatic rings. The normalized spacial score (nSPS) is 31.2. The van der Waals surface area contributed by atoms with Crippen molar-refractivity contribution < 1.29 is 19.4 Å². The molecule has 2 rings (SSSR count). The summed E-state index contributed by atoms with van der Waals surface area (Å²) >= 11 is 0. The standard InChI is InChI=1S/C14H24N2O4/c1-10-6-16(8-13(9-17)20-10)14(19)12-4-3-5-15(7-12)11(2)18/h10,12-13,17H,3-9H2,1-2H3. The third-order valence-electron chi connectivity index (χ3n) is 4.06. The van der Waals surface area contributed by atoms with Gasteiger partial charge in [-0.05, 0) is 19.8 Å². The SMILES string of the molecule is CC(=O)N1CCCC(C(=O)N2CC(C)OC(CO)C2)C1. The van der Waals surface area contributed by atoms with E-state index in [4.69, 9.17) is 4.74 Å². The van der Waals surface area contributed by atoms with Crippen LogP contribution in [0.25, 0.3) is 0 Å². The molecule has 0 aromatic heterocycles. The van der Waals surface area contributed by atoms with E-state index in [0.29, 0.717) is 19.6 Å². The van der Waals surface area contributed by atoms with Gasteiger partial charge in [-0.25, -0.2) is 0 Å². The zero-order valence-corrected chi connectivity index (χ0v) is 12.2. The molecule has 114 valence electrons. The van der Waals surface area contributed by atoms with Crippen molar-refractivity contribution in [2.24, 2.45) is 5.92 Å². The maximum atomic E-state index is 12.6. The second-order valence-corrected chi connectivity index (χ2v) is 5.80. The number of aliphatic hydroxyl groups excluding tert-OH is 1. The van der Waals surface area contributed by atoms with Gasteiger partial charge in [-0.1, -0.05) is 0 Å². The molecule has 2 aliphatic rings. The number of ether oxygens (including phenoxy) is 1. The number of nitrogens with zero attached hydrogens (tertiary/aromatic N) is 2. The van der Waals surface area contributed by atoms with Crippen molar-refractivity contribution >= 4 is 11.8 Å². The molecule has 2 heterocycles. The number of aliphatic hydroxyl groups is 1. The van der Waals surface area contributed by atoms with Crippen LogP contribution in [0.2, 0.25) is 0 Å². The van der Waals surface area contributed by atoms with Crippen LogP contribution in [-0.4, -0.2) is 71.7 Å². The average molecular weight is 284 g/mol. The molecule has 2 fully saturated rings. The second kappa shape index (κ2) is 6.54. The van der Waals surface area contributed by atoms with E-state index >= 15 is 0 Å². The highest BCUT2D eigenvalue weighted by molar-refractivity contribution is 5.81. The summed E-state index contributed by atoms with van der Waals surface area (Å²) in [4.78, 5) is 27.6. The number of likely N-dealkylation sites (tertiary alicyclic amines) is 1. The van der Waals surface area contributed by atoms with E-state index in [1.54, 1.807) is 16.7 Å². The van der Waals surface area contributed by atoms with Gasteiger partial charge in [0.05, 0.1) is 24.7 Å². The van der Waals surface area contributed by atoms with E-state index in [-0.39, 0.29) is 36.5 Å². The first-order chi connectivity index (χ1) is 9.51. The minimum atomic E-state index is -0.296. The van der Waals surface area contributed by atoms with Crippen molar-refractivity contribution in [1.82, 2.24) is 9.80 Å². The molecule has 0 bridgehead atoms. The van der Waals surface area contributed by atoms with Gasteiger partial charge >= 0.3 is 0 Å². The first kappa shape index (κ1) is 15.3. The zero-order valence-electron chi connectivity index (χ0n) is 12.2. The van der Waals surface area contributed by atoms with Crippen molar-refractivity contribution in [2.45, 2.75) is 38.9 Å². The molecule has 0 aromatic carbocycles. The summed E-state index contributed by atoms with van der Waals surface area (Å²) in [6, 6.07) is 0. The summed E-state index contributed by atoms with van der Waals surface area (Å²) in [7, 11) is 0. The molecule has 0 aliphatic carbocycles. The Bertz CT molecular complexity index is 374. The Balaban J connectivity index is 1.97. The highest BCUT2D eigenvalue weighted by Crippen LogP contribution is 2.21. The number of hydrogen-bond acceptors (Lipinski definition) is 4. The van der Waals surface area contributed by atoms with E-state index in [0.717, 1.165) is 19.4 Å². The summed E-state index contributed by atoms with van der Waals surface area (Å²) in [5, 5.41) is 9.22. The molecule has 0 saturated carbocycles. The van der Waals surface area contributed by atoms with Gasteiger partial charge in [-0.3, -0.25) is 9.59 Å². The van der Waals surface area contributed by atoms with E-state index in [1.807, 2.05) is 6.92 Å². The van der Waals surface area contributed by atoms with Gasteiger partial charge in [0, 0.05) is 33.1 Å². The molecule has 2 saturated heterocycles. The summed E-state index contributed by atoms with van der Waals surface area (Å²) in [6.45, 7) is 5.65. The van der Waals surface area contributed by atoms with Crippen molar-refractivity contribution in [3.05, 3.63) is 0 Å². The molecule has 6 nitrogen and oxygen atoms in total. The molecule has 3 atom stereocenters. The van der Waals surface area contributed by atoms with Gasteiger partial charge in [0.1, 0.15) is 0 Å². The highest BCUT2D eigenvalue weighted by atomic mass is 16.5. The van der Waals surface area contributed by atoms with E-state index in [9.17, 15) is 14.7 Å². The lowest BCUT2D eigenvalue weighted by molar-refractivity contribution is -0.153. The van der Waals surface area contributed by atoms with Crippen LogP contribution in [-0.2, 0) is 14.3 Å². The fourth-order valence-electron chi connectivity index (χ4n) is 3.05. The second-order valence-electron chi connectivity index (χ2n) is 5.80. The van der Waals surface area contributed by atoms with Crippen molar-refractivity contribution in [3.63, 3.8) is 0 Å². The number of piperidine rings is 1. The fourth-order valence-corrected chi connectivity index (χ4v) is 3.05. The highest BCUT2D eigenvalue weighted by Gasteiger charge is 2.34. The lowest BCUT2D eigenvalue weighted by Gasteiger charge is -2.39. The number of rotatable bonds is 2. The number of carbonyl (C=O) groups excluding carboxylic acids is 2. The Kier molecular flexibility index (Phi) is 4.99. The third-order valence-corrected chi connectivity index (χ3v) is 4.06. The van der Waals surface area contributed by atoms with Crippen LogP contribution >= 0.6 is 0 Å². The average Bonchev–Trinajstić information content (AvgIpc) is 2.45. The molecule has 1 N–H and O–H groups in total. The van der Waals surface area contributed by atoms with E-state index < -0.39 is 0 Å². The monoisotopic (exact) mass is 284 g/mol. The van der Waals surface area contributed by atoms with Crippen LogP contribution in [0.1, 0.15) is 26.7 Å². The van der Waals surface area contributed by atoms with Crippen LogP contribution in [0.15, 0.2) is 0 Å². The van der Waals surface area contributed by atoms with Crippen molar-refractivity contribution in [2.75, 3.05) is 32.8 Å². The number of hydrogen-bond donors (Lipinski definition) is 1. The van der Waals surface area contributed by atoms with Gasteiger partial charge in [-0.2, -0.15) is 0 Å². The first-order valence-corrected chi connectivity index (χ1v) is 7.32. The number of morpholine rings is 1. The Morgan fingerprint density at radius 3 is 2.65 bits per heavy atom. The van der Waals surface area contributed by atoms with Gasteiger partial charge in [0.25, 0.3) is 0 Å². The zero-order chi connectivity index (χ0) is 14.7. The quantitative estimate of drug-likeness (QED) is 0.766. The first-order valence-electron chi connectivity index (χ1n) is 7.32. The molecule has 3 unspecified atom stereocenters. The van der Waals surface area contributed by atoms with Crippen molar-refractivity contribution in [1.29, 1.82) is 0 Å². The minimum Gasteiger partial charge on any atom is -0.394 e. The summed E-state index contributed by atoms with van der Waals surface area (Å²) < 4.78 is 5.55. The van der Waals surface area contributed by atoms with Crippen LogP contribution in [0, 0.1) is 5.92 Å². The maximum Gasteiger partial charge on any atom is 0.227 e. The topological polar surface area (TPSA) is 70.1 Å². The molecule has 0 spiro atoms. The molecule has 2 amide bonds. The van der Waals surface area contributed by atoms with Gasteiger partial charge in [0.15, 0.2) is 0 Å². The van der Waals surface area contributed by atoms with Crippen LogP contribution in [0.3, 0.4) is 0 Å². The van der Waals surface area contributed by atoms with Crippen LogP contribution < -0.4 is 0 Å². The molecule has 0 radical (unpaired) electrons. The predicted octanol–water partition coefficient (Wildman–Crippen LogP) is -0.147. The lowest BCUT2D eigenvalue weighted by Crippen LogP contribution is -2.54. The fraction of sp³-hybridized carbons (Fsp3) is 0.857. The van der Waals surface area contributed by atoms with Crippen LogP contribution in [0.5, 0.6) is 0 Å². The smallest absolute Gasteiger partial charge is 0.227 e. The Morgan fingerprint density at radius 1 is 1.25 bits per heavy atom. The maximum absolute atomic E-state index is 12.6. The largest absolute Gasteiger partial charge is 0.394 e. The molecular formula is C14H24N2O4. The predicted molar refractivity (Wildman–Crippen MR) is 73.0 cm³/mol. The third kappa shape index (κ3) is 3.49. The van der Waals surface area contributed by atoms with Gasteiger partial charge in [0.2, 0.25) is 11.8 Å². The minimum absolute atomic E-state index is 0.0334. The van der Waals surface area contributed by atoms with Crippen molar-refractivity contribution in [3.8, 4) is 0 Å². The lowest BCUT2D eigenvalue weighted by atomic mass is 9.96.